The van der Waals surface area contributed by atoms with Crippen LogP contribution in [0, 0.1) is 0 Å². The molecular weight excluding hydrogens is 304 g/mol. The van der Waals surface area contributed by atoms with E-state index in [9.17, 15) is 13.6 Å². The first-order chi connectivity index (χ1) is 11.0. The molecule has 0 fully saturated rings. The van der Waals surface area contributed by atoms with Crippen molar-refractivity contribution in [3.63, 3.8) is 0 Å². The highest BCUT2D eigenvalue weighted by Crippen LogP contribution is 2.15. The summed E-state index contributed by atoms with van der Waals surface area (Å²) >= 11 is 0. The molecule has 0 radical (unpaired) electrons. The van der Waals surface area contributed by atoms with Gasteiger partial charge in [0.1, 0.15) is 11.4 Å². The first kappa shape index (κ1) is 16.7. The van der Waals surface area contributed by atoms with Crippen LogP contribution >= 0.6 is 0 Å². The van der Waals surface area contributed by atoms with Gasteiger partial charge in [-0.1, -0.05) is 12.1 Å². The number of alkyl halides is 2. The molecule has 0 aliphatic heterocycles. The van der Waals surface area contributed by atoms with Gasteiger partial charge >= 0.3 is 6.61 Å². The Morgan fingerprint density at radius 2 is 2.04 bits per heavy atom. The van der Waals surface area contributed by atoms with Gasteiger partial charge in [0.25, 0.3) is 5.91 Å². The zero-order valence-corrected chi connectivity index (χ0v) is 12.6. The van der Waals surface area contributed by atoms with Crippen molar-refractivity contribution in [1.29, 1.82) is 0 Å². The largest absolute Gasteiger partial charge is 0.435 e. The lowest BCUT2D eigenvalue weighted by atomic mass is 10.1. The van der Waals surface area contributed by atoms with E-state index in [-0.39, 0.29) is 11.7 Å². The fourth-order valence-electron chi connectivity index (χ4n) is 1.90. The fraction of sp³-hybridized carbons (Fsp3) is 0.250. The number of ether oxygens (including phenoxy) is 1. The Balaban J connectivity index is 1.80. The van der Waals surface area contributed by atoms with E-state index in [0.717, 1.165) is 11.3 Å². The number of aryl methyl sites for hydroxylation is 1. The van der Waals surface area contributed by atoms with Crippen LogP contribution in [0.25, 0.3) is 0 Å². The summed E-state index contributed by atoms with van der Waals surface area (Å²) in [7, 11) is 0. The number of nitrogens with zero attached hydrogens (tertiary/aromatic N) is 1. The number of hydrogen-bond donors (Lipinski definition) is 2. The number of aromatic nitrogens is 1. The maximum Gasteiger partial charge on any atom is 0.387 e. The molecule has 0 aliphatic rings. The molecule has 0 unspecified atom stereocenters. The summed E-state index contributed by atoms with van der Waals surface area (Å²) in [6.45, 7) is -1.01. The van der Waals surface area contributed by atoms with Gasteiger partial charge in [0, 0.05) is 11.9 Å². The van der Waals surface area contributed by atoms with Crippen LogP contribution < -0.4 is 10.2 Å². The molecule has 0 saturated carbocycles. The van der Waals surface area contributed by atoms with E-state index in [4.69, 9.17) is 0 Å². The van der Waals surface area contributed by atoms with Gasteiger partial charge in [-0.3, -0.25) is 4.79 Å². The second-order valence-electron chi connectivity index (χ2n) is 4.89. The number of amides is 1. The third-order valence-electron chi connectivity index (χ3n) is 3.11. The van der Waals surface area contributed by atoms with Gasteiger partial charge in [-0.25, -0.2) is 5.43 Å². The number of carbonyl (C=O) groups excluding carboxylic acids is 1. The molecule has 0 atom stereocenters. The molecule has 122 valence electrons. The highest BCUT2D eigenvalue weighted by molar-refractivity contribution is 5.93. The summed E-state index contributed by atoms with van der Waals surface area (Å²) in [4.78, 5) is 14.5. The molecule has 2 N–H and O–H groups in total. The molecule has 7 heteroatoms. The normalized spacial score (nSPS) is 11.6. The lowest BCUT2D eigenvalue weighted by Gasteiger charge is -2.06. The van der Waals surface area contributed by atoms with Crippen molar-refractivity contribution in [2.75, 3.05) is 0 Å². The van der Waals surface area contributed by atoms with Crippen LogP contribution in [0.3, 0.4) is 0 Å². The number of halogens is 2. The predicted octanol–water partition coefficient (Wildman–Crippen LogP) is 3.35. The lowest BCUT2D eigenvalue weighted by molar-refractivity contribution is -0.0498. The number of benzene rings is 1. The summed E-state index contributed by atoms with van der Waals surface area (Å²) in [5, 5.41) is 4.03. The van der Waals surface area contributed by atoms with E-state index in [1.165, 1.54) is 12.1 Å². The summed E-state index contributed by atoms with van der Waals surface area (Å²) in [6.07, 6.45) is 2.98. The Labute approximate surface area is 132 Å². The summed E-state index contributed by atoms with van der Waals surface area (Å²) < 4.78 is 28.4. The molecule has 1 aromatic carbocycles. The maximum absolute atomic E-state index is 12.1. The molecule has 2 aromatic rings. The Morgan fingerprint density at radius 1 is 1.30 bits per heavy atom. The molecule has 0 aliphatic carbocycles. The van der Waals surface area contributed by atoms with Crippen molar-refractivity contribution in [2.24, 2.45) is 5.10 Å². The van der Waals surface area contributed by atoms with Gasteiger partial charge < -0.3 is 9.72 Å². The maximum atomic E-state index is 12.1. The molecule has 1 aromatic heterocycles. The quantitative estimate of drug-likeness (QED) is 0.606. The van der Waals surface area contributed by atoms with E-state index in [1.807, 2.05) is 6.92 Å². The molecule has 1 heterocycles. The van der Waals surface area contributed by atoms with Crippen molar-refractivity contribution in [2.45, 2.75) is 26.4 Å². The minimum Gasteiger partial charge on any atom is -0.435 e. The molecule has 0 spiro atoms. The average molecular weight is 321 g/mol. The smallest absolute Gasteiger partial charge is 0.387 e. The number of aromatic amines is 1. The van der Waals surface area contributed by atoms with Crippen LogP contribution in [0.15, 0.2) is 47.7 Å². The monoisotopic (exact) mass is 321 g/mol. The van der Waals surface area contributed by atoms with Crippen LogP contribution in [0.1, 0.15) is 29.4 Å². The van der Waals surface area contributed by atoms with Crippen LogP contribution in [0.4, 0.5) is 8.78 Å². The number of hydrogen-bond acceptors (Lipinski definition) is 3. The highest BCUT2D eigenvalue weighted by atomic mass is 19.3. The first-order valence-electron chi connectivity index (χ1n) is 7.05. The molecule has 23 heavy (non-hydrogen) atoms. The van der Waals surface area contributed by atoms with Gasteiger partial charge in [-0.2, -0.15) is 13.9 Å². The van der Waals surface area contributed by atoms with Crippen LogP contribution in [0.5, 0.6) is 5.75 Å². The van der Waals surface area contributed by atoms with Gasteiger partial charge in [0.15, 0.2) is 0 Å². The minimum atomic E-state index is -2.82. The Bertz CT molecular complexity index is 652. The molecule has 5 nitrogen and oxygen atoms in total. The van der Waals surface area contributed by atoms with Crippen LogP contribution in [0.2, 0.25) is 0 Å². The van der Waals surface area contributed by atoms with Gasteiger partial charge in [-0.15, -0.1) is 0 Å². The fourth-order valence-corrected chi connectivity index (χ4v) is 1.90. The zero-order valence-electron chi connectivity index (χ0n) is 12.6. The van der Waals surface area contributed by atoms with Gasteiger partial charge in [0.05, 0.1) is 0 Å². The van der Waals surface area contributed by atoms with Crippen LogP contribution in [-0.4, -0.2) is 23.2 Å². The molecular formula is C16H17F2N3O2. The Hall–Kier alpha value is -2.70. The topological polar surface area (TPSA) is 66.5 Å². The third kappa shape index (κ3) is 5.54. The lowest BCUT2D eigenvalue weighted by Crippen LogP contribution is -2.19. The van der Waals surface area contributed by atoms with E-state index >= 15 is 0 Å². The summed E-state index contributed by atoms with van der Waals surface area (Å²) in [5.74, 6) is -0.171. The Morgan fingerprint density at radius 3 is 2.65 bits per heavy atom. The molecule has 0 saturated heterocycles. The average Bonchev–Trinajstić information content (AvgIpc) is 3.06. The highest BCUT2D eigenvalue weighted by Gasteiger charge is 2.05. The van der Waals surface area contributed by atoms with Crippen LogP contribution in [-0.2, 0) is 6.42 Å². The number of nitrogens with one attached hydrogen (secondary N) is 2. The Kier molecular flexibility index (Phi) is 5.85. The standard InChI is InChI=1S/C16H17F2N3O2/c1-11(20-21-15(22)14-3-2-10-19-14)4-5-12-6-8-13(9-7-12)23-16(17)18/h2-3,6-10,16,19H,4-5H2,1H3,(H,21,22)/b20-11-. The number of rotatable bonds is 7. The SMILES string of the molecule is C/C(CCc1ccc(OC(F)F)cc1)=N/NC(=O)c1ccc[nH]1. The molecule has 0 bridgehead atoms. The van der Waals surface area contributed by atoms with E-state index < -0.39 is 6.61 Å². The van der Waals surface area contributed by atoms with Gasteiger partial charge in [-0.05, 0) is 49.6 Å². The van der Waals surface area contributed by atoms with Crippen molar-refractivity contribution >= 4 is 11.6 Å². The first-order valence-corrected chi connectivity index (χ1v) is 7.05. The van der Waals surface area contributed by atoms with E-state index in [1.54, 1.807) is 30.5 Å². The summed E-state index contributed by atoms with van der Waals surface area (Å²) in [5.41, 5.74) is 4.64. The molecule has 2 rings (SSSR count). The van der Waals surface area contributed by atoms with Crippen molar-refractivity contribution in [3.8, 4) is 5.75 Å². The number of carbonyl (C=O) groups is 1. The van der Waals surface area contributed by atoms with Crippen molar-refractivity contribution in [3.05, 3.63) is 53.9 Å². The summed E-state index contributed by atoms with van der Waals surface area (Å²) in [6, 6.07) is 9.84. The van der Waals surface area contributed by atoms with Crippen molar-refractivity contribution in [1.82, 2.24) is 10.4 Å². The second-order valence-corrected chi connectivity index (χ2v) is 4.89. The molecule has 1 amide bonds. The number of H-pyrrole nitrogens is 1. The van der Waals surface area contributed by atoms with Gasteiger partial charge in [0.2, 0.25) is 0 Å². The number of hydrazone groups is 1. The minimum absolute atomic E-state index is 0.132. The predicted molar refractivity (Wildman–Crippen MR) is 82.8 cm³/mol. The third-order valence-corrected chi connectivity index (χ3v) is 3.11. The van der Waals surface area contributed by atoms with E-state index in [2.05, 4.69) is 20.2 Å². The van der Waals surface area contributed by atoms with E-state index in [0.29, 0.717) is 18.5 Å². The van der Waals surface area contributed by atoms with Crippen molar-refractivity contribution < 1.29 is 18.3 Å². The zero-order chi connectivity index (χ0) is 16.7. The second kappa shape index (κ2) is 8.07.